The number of carbonyl (C=O) groups is 2. The lowest BCUT2D eigenvalue weighted by Gasteiger charge is -2.20. The molecule has 1 atom stereocenters. The van der Waals surface area contributed by atoms with Gasteiger partial charge in [-0.25, -0.2) is 0 Å². The van der Waals surface area contributed by atoms with E-state index in [1.165, 1.54) is 7.11 Å². The SMILES string of the molecule is COC(=O)[C@H](CCC(=O)O)N(C)C. The maximum Gasteiger partial charge on any atom is 0.323 e. The summed E-state index contributed by atoms with van der Waals surface area (Å²) < 4.78 is 4.53. The fraction of sp³-hybridized carbons (Fsp3) is 0.750. The zero-order chi connectivity index (χ0) is 10.4. The summed E-state index contributed by atoms with van der Waals surface area (Å²) in [6.45, 7) is 0. The molecule has 0 bridgehead atoms. The first-order valence-corrected chi connectivity index (χ1v) is 3.95. The first-order valence-electron chi connectivity index (χ1n) is 3.95. The smallest absolute Gasteiger partial charge is 0.323 e. The second-order valence-electron chi connectivity index (χ2n) is 2.93. The fourth-order valence-corrected chi connectivity index (χ4v) is 0.983. The van der Waals surface area contributed by atoms with Crippen LogP contribution in [0.5, 0.6) is 0 Å². The van der Waals surface area contributed by atoms with Crippen molar-refractivity contribution in [3.63, 3.8) is 0 Å². The Morgan fingerprint density at radius 1 is 1.46 bits per heavy atom. The van der Waals surface area contributed by atoms with Gasteiger partial charge in [-0.3, -0.25) is 14.5 Å². The molecule has 0 aromatic rings. The molecule has 13 heavy (non-hydrogen) atoms. The molecule has 1 N–H and O–H groups in total. The van der Waals surface area contributed by atoms with E-state index in [1.54, 1.807) is 19.0 Å². The van der Waals surface area contributed by atoms with Gasteiger partial charge in [-0.05, 0) is 20.5 Å². The number of aliphatic carboxylic acids is 1. The van der Waals surface area contributed by atoms with Crippen LogP contribution in [-0.2, 0) is 14.3 Å². The number of carboxylic acids is 1. The third-order valence-corrected chi connectivity index (χ3v) is 1.73. The van der Waals surface area contributed by atoms with Gasteiger partial charge in [0.15, 0.2) is 0 Å². The summed E-state index contributed by atoms with van der Waals surface area (Å²) in [6.07, 6.45) is 0.243. The zero-order valence-electron chi connectivity index (χ0n) is 8.11. The molecule has 0 aliphatic heterocycles. The van der Waals surface area contributed by atoms with Crippen LogP contribution in [0.1, 0.15) is 12.8 Å². The van der Waals surface area contributed by atoms with Gasteiger partial charge < -0.3 is 9.84 Å². The number of rotatable bonds is 5. The summed E-state index contributed by atoms with van der Waals surface area (Å²) in [6, 6.07) is -0.471. The van der Waals surface area contributed by atoms with Crippen LogP contribution in [0.3, 0.4) is 0 Å². The highest BCUT2D eigenvalue weighted by atomic mass is 16.5. The van der Waals surface area contributed by atoms with Crippen LogP contribution in [0.4, 0.5) is 0 Å². The normalized spacial score (nSPS) is 12.6. The number of carbonyl (C=O) groups excluding carboxylic acids is 1. The summed E-state index contributed by atoms with van der Waals surface area (Å²) in [5.41, 5.74) is 0. The predicted octanol–water partition coefficient (Wildman–Crippen LogP) is -0.0456. The van der Waals surface area contributed by atoms with Crippen LogP contribution < -0.4 is 0 Å². The molecular formula is C8H15NO4. The Bertz CT molecular complexity index is 191. The highest BCUT2D eigenvalue weighted by molar-refractivity contribution is 5.76. The topological polar surface area (TPSA) is 66.8 Å². The first kappa shape index (κ1) is 11.9. The maximum atomic E-state index is 11.1. The van der Waals surface area contributed by atoms with Crippen LogP contribution in [0, 0.1) is 0 Å². The molecule has 5 nitrogen and oxygen atoms in total. The number of hydrogen-bond acceptors (Lipinski definition) is 4. The van der Waals surface area contributed by atoms with Crippen molar-refractivity contribution >= 4 is 11.9 Å². The molecule has 5 heteroatoms. The summed E-state index contributed by atoms with van der Waals surface area (Å²) in [5, 5.41) is 8.43. The Morgan fingerprint density at radius 2 is 2.00 bits per heavy atom. The van der Waals surface area contributed by atoms with Crippen LogP contribution >= 0.6 is 0 Å². The van der Waals surface area contributed by atoms with Crippen molar-refractivity contribution in [1.82, 2.24) is 4.90 Å². The third kappa shape index (κ3) is 4.47. The van der Waals surface area contributed by atoms with Crippen molar-refractivity contribution in [3.05, 3.63) is 0 Å². The predicted molar refractivity (Wildman–Crippen MR) is 46.4 cm³/mol. The maximum absolute atomic E-state index is 11.1. The minimum absolute atomic E-state index is 0.0298. The summed E-state index contributed by atoms with van der Waals surface area (Å²) in [5.74, 6) is -1.30. The molecule has 0 unspecified atom stereocenters. The van der Waals surface area contributed by atoms with E-state index in [-0.39, 0.29) is 12.8 Å². The quantitative estimate of drug-likeness (QED) is 0.614. The van der Waals surface area contributed by atoms with Gasteiger partial charge in [-0.2, -0.15) is 0 Å². The van der Waals surface area contributed by atoms with E-state index < -0.39 is 18.0 Å². The minimum atomic E-state index is -0.907. The molecule has 0 radical (unpaired) electrons. The second kappa shape index (κ2) is 5.53. The lowest BCUT2D eigenvalue weighted by atomic mass is 10.1. The standard InChI is InChI=1S/C8H15NO4/c1-9(2)6(8(12)13-3)4-5-7(10)11/h6H,4-5H2,1-3H3,(H,10,11)/t6-/m0/s1. The molecule has 0 aromatic heterocycles. The van der Waals surface area contributed by atoms with Crippen LogP contribution in [0.25, 0.3) is 0 Å². The van der Waals surface area contributed by atoms with Crippen molar-refractivity contribution in [2.45, 2.75) is 18.9 Å². The van der Waals surface area contributed by atoms with E-state index in [9.17, 15) is 9.59 Å². The van der Waals surface area contributed by atoms with E-state index in [2.05, 4.69) is 4.74 Å². The summed E-state index contributed by atoms with van der Waals surface area (Å²) in [4.78, 5) is 23.0. The van der Waals surface area contributed by atoms with E-state index in [1.807, 2.05) is 0 Å². The molecule has 0 rings (SSSR count). The van der Waals surface area contributed by atoms with Gasteiger partial charge in [0, 0.05) is 6.42 Å². The molecule has 76 valence electrons. The number of methoxy groups -OCH3 is 1. The Morgan fingerprint density at radius 3 is 2.31 bits per heavy atom. The molecular weight excluding hydrogens is 174 g/mol. The van der Waals surface area contributed by atoms with Gasteiger partial charge in [-0.1, -0.05) is 0 Å². The van der Waals surface area contributed by atoms with E-state index in [4.69, 9.17) is 5.11 Å². The molecule has 0 amide bonds. The number of esters is 1. The van der Waals surface area contributed by atoms with Gasteiger partial charge in [0.05, 0.1) is 7.11 Å². The second-order valence-corrected chi connectivity index (χ2v) is 2.93. The largest absolute Gasteiger partial charge is 0.481 e. The monoisotopic (exact) mass is 189 g/mol. The number of nitrogens with zero attached hydrogens (tertiary/aromatic N) is 1. The molecule has 0 aliphatic carbocycles. The number of likely N-dealkylation sites (N-methyl/N-ethyl adjacent to an activating group) is 1. The van der Waals surface area contributed by atoms with Crippen LogP contribution in [0.15, 0.2) is 0 Å². The average molecular weight is 189 g/mol. The van der Waals surface area contributed by atoms with Gasteiger partial charge in [0.1, 0.15) is 6.04 Å². The van der Waals surface area contributed by atoms with Crippen LogP contribution in [0.2, 0.25) is 0 Å². The molecule has 0 saturated carbocycles. The van der Waals surface area contributed by atoms with Crippen LogP contribution in [-0.4, -0.2) is 49.2 Å². The Balaban J connectivity index is 4.10. The summed E-state index contributed by atoms with van der Waals surface area (Å²) >= 11 is 0. The molecule has 0 saturated heterocycles. The van der Waals surface area contributed by atoms with E-state index in [0.29, 0.717) is 0 Å². The summed E-state index contributed by atoms with van der Waals surface area (Å²) in [7, 11) is 4.71. The van der Waals surface area contributed by atoms with Crippen molar-refractivity contribution in [3.8, 4) is 0 Å². The lowest BCUT2D eigenvalue weighted by Crippen LogP contribution is -2.37. The van der Waals surface area contributed by atoms with Gasteiger partial charge in [0.25, 0.3) is 0 Å². The molecule has 0 aromatic carbocycles. The third-order valence-electron chi connectivity index (χ3n) is 1.73. The van der Waals surface area contributed by atoms with Gasteiger partial charge >= 0.3 is 11.9 Å². The number of carboxylic acid groups (broad SMARTS) is 1. The first-order chi connectivity index (χ1) is 5.99. The Labute approximate surface area is 77.3 Å². The van der Waals surface area contributed by atoms with Crippen molar-refractivity contribution in [2.24, 2.45) is 0 Å². The van der Waals surface area contributed by atoms with Crippen molar-refractivity contribution in [2.75, 3.05) is 21.2 Å². The molecule has 0 spiro atoms. The zero-order valence-corrected chi connectivity index (χ0v) is 8.11. The van der Waals surface area contributed by atoms with Crippen molar-refractivity contribution < 1.29 is 19.4 Å². The molecule has 0 fully saturated rings. The molecule has 0 heterocycles. The number of ether oxygens (including phenoxy) is 1. The fourth-order valence-electron chi connectivity index (χ4n) is 0.983. The average Bonchev–Trinajstić information content (AvgIpc) is 2.03. The Hall–Kier alpha value is -1.10. The molecule has 0 aliphatic rings. The minimum Gasteiger partial charge on any atom is -0.481 e. The van der Waals surface area contributed by atoms with Gasteiger partial charge in [0.2, 0.25) is 0 Å². The van der Waals surface area contributed by atoms with Crippen molar-refractivity contribution in [1.29, 1.82) is 0 Å². The number of hydrogen-bond donors (Lipinski definition) is 1. The van der Waals surface area contributed by atoms with Gasteiger partial charge in [-0.15, -0.1) is 0 Å². The van der Waals surface area contributed by atoms with E-state index in [0.717, 1.165) is 0 Å². The van der Waals surface area contributed by atoms with E-state index >= 15 is 0 Å². The highest BCUT2D eigenvalue weighted by Gasteiger charge is 2.21. The Kier molecular flexibility index (Phi) is 5.06. The lowest BCUT2D eigenvalue weighted by molar-refractivity contribution is -0.146. The highest BCUT2D eigenvalue weighted by Crippen LogP contribution is 2.05.